The van der Waals surface area contributed by atoms with E-state index in [1.165, 1.54) is 0 Å². The summed E-state index contributed by atoms with van der Waals surface area (Å²) in [4.78, 5) is 0. The van der Waals surface area contributed by atoms with Crippen LogP contribution < -0.4 is 5.32 Å². The average molecular weight is 314 g/mol. The van der Waals surface area contributed by atoms with E-state index in [0.29, 0.717) is 23.3 Å². The minimum atomic E-state index is 0.524. The topological polar surface area (TPSA) is 34.4 Å². The summed E-state index contributed by atoms with van der Waals surface area (Å²) in [6.45, 7) is 2.82. The van der Waals surface area contributed by atoms with Crippen molar-refractivity contribution in [3.63, 3.8) is 0 Å². The molecule has 2 rings (SSSR count). The Morgan fingerprint density at radius 2 is 2.10 bits per heavy atom. The zero-order valence-electron chi connectivity index (χ0n) is 11.1. The van der Waals surface area contributed by atoms with Gasteiger partial charge in [0.2, 0.25) is 0 Å². The first kappa shape index (κ1) is 15.4. The Bertz CT molecular complexity index is 515. The lowest BCUT2D eigenvalue weighted by Crippen LogP contribution is -2.16. The second-order valence-electron chi connectivity index (χ2n) is 4.40. The fourth-order valence-electron chi connectivity index (χ4n) is 1.75. The van der Waals surface area contributed by atoms with Crippen molar-refractivity contribution in [1.82, 2.24) is 5.32 Å². The molecular formula is C15H17Cl2NO2. The molecule has 0 radical (unpaired) electrons. The molecule has 0 fully saturated rings. The van der Waals surface area contributed by atoms with Crippen LogP contribution in [0, 0.1) is 0 Å². The van der Waals surface area contributed by atoms with Gasteiger partial charge in [-0.2, -0.15) is 0 Å². The SMILES string of the molecule is Clc1ccc(CNCCCOCc2ccco2)c(Cl)c1. The molecule has 0 saturated heterocycles. The molecule has 1 heterocycles. The van der Waals surface area contributed by atoms with Gasteiger partial charge < -0.3 is 14.5 Å². The molecule has 3 nitrogen and oxygen atoms in total. The summed E-state index contributed by atoms with van der Waals surface area (Å²) >= 11 is 11.9. The Labute approximate surface area is 128 Å². The summed E-state index contributed by atoms with van der Waals surface area (Å²) in [6.07, 6.45) is 2.59. The van der Waals surface area contributed by atoms with E-state index in [1.807, 2.05) is 24.3 Å². The maximum atomic E-state index is 6.09. The summed E-state index contributed by atoms with van der Waals surface area (Å²) in [5.74, 6) is 0.853. The van der Waals surface area contributed by atoms with Crippen LogP contribution in [0.2, 0.25) is 10.0 Å². The number of hydrogen-bond donors (Lipinski definition) is 1. The van der Waals surface area contributed by atoms with Gasteiger partial charge in [0.15, 0.2) is 0 Å². The standard InChI is InChI=1S/C15H17Cl2NO2/c16-13-5-4-12(15(17)9-13)10-18-6-2-7-19-11-14-3-1-8-20-14/h1,3-5,8-9,18H,2,6-7,10-11H2. The normalized spacial score (nSPS) is 10.9. The van der Waals surface area contributed by atoms with E-state index in [9.17, 15) is 0 Å². The van der Waals surface area contributed by atoms with Crippen molar-refractivity contribution in [2.45, 2.75) is 19.6 Å². The predicted molar refractivity (Wildman–Crippen MR) is 81.1 cm³/mol. The van der Waals surface area contributed by atoms with Crippen molar-refractivity contribution < 1.29 is 9.15 Å². The zero-order valence-corrected chi connectivity index (χ0v) is 12.6. The van der Waals surface area contributed by atoms with Gasteiger partial charge in [0.1, 0.15) is 12.4 Å². The van der Waals surface area contributed by atoms with Crippen molar-refractivity contribution in [2.75, 3.05) is 13.2 Å². The molecule has 2 aromatic rings. The summed E-state index contributed by atoms with van der Waals surface area (Å²) in [7, 11) is 0. The van der Waals surface area contributed by atoms with Crippen molar-refractivity contribution in [2.24, 2.45) is 0 Å². The van der Waals surface area contributed by atoms with Gasteiger partial charge >= 0.3 is 0 Å². The Balaban J connectivity index is 1.55. The molecule has 20 heavy (non-hydrogen) atoms. The number of halogens is 2. The van der Waals surface area contributed by atoms with Gasteiger partial charge in [-0.15, -0.1) is 0 Å². The fourth-order valence-corrected chi connectivity index (χ4v) is 2.23. The molecule has 1 aromatic heterocycles. The van der Waals surface area contributed by atoms with Crippen molar-refractivity contribution in [3.05, 3.63) is 58.0 Å². The molecule has 0 atom stereocenters. The van der Waals surface area contributed by atoms with Gasteiger partial charge in [0, 0.05) is 23.2 Å². The van der Waals surface area contributed by atoms with Crippen LogP contribution in [0.15, 0.2) is 41.0 Å². The van der Waals surface area contributed by atoms with E-state index in [-0.39, 0.29) is 0 Å². The largest absolute Gasteiger partial charge is 0.467 e. The molecule has 0 amide bonds. The first-order valence-corrected chi connectivity index (χ1v) is 7.26. The van der Waals surface area contributed by atoms with E-state index in [4.69, 9.17) is 32.4 Å². The number of rotatable bonds is 8. The van der Waals surface area contributed by atoms with Crippen LogP contribution in [0.4, 0.5) is 0 Å². The third kappa shape index (κ3) is 5.17. The smallest absolute Gasteiger partial charge is 0.129 e. The third-order valence-corrected chi connectivity index (χ3v) is 3.38. The van der Waals surface area contributed by atoms with Gasteiger partial charge in [-0.3, -0.25) is 0 Å². The number of nitrogens with one attached hydrogen (secondary N) is 1. The Hall–Kier alpha value is -1.00. The second-order valence-corrected chi connectivity index (χ2v) is 5.24. The summed E-state index contributed by atoms with van der Waals surface area (Å²) in [6, 6.07) is 9.30. The van der Waals surface area contributed by atoms with E-state index < -0.39 is 0 Å². The van der Waals surface area contributed by atoms with E-state index >= 15 is 0 Å². The molecule has 108 valence electrons. The quantitative estimate of drug-likeness (QED) is 0.738. The Morgan fingerprint density at radius 1 is 1.20 bits per heavy atom. The van der Waals surface area contributed by atoms with Crippen LogP contribution in [0.3, 0.4) is 0 Å². The maximum Gasteiger partial charge on any atom is 0.129 e. The van der Waals surface area contributed by atoms with Gasteiger partial charge in [0.25, 0.3) is 0 Å². The highest BCUT2D eigenvalue weighted by atomic mass is 35.5. The molecule has 0 saturated carbocycles. The first-order chi connectivity index (χ1) is 9.75. The Kier molecular flexibility index (Phi) is 6.40. The average Bonchev–Trinajstić information content (AvgIpc) is 2.93. The van der Waals surface area contributed by atoms with Gasteiger partial charge in [-0.05, 0) is 42.8 Å². The molecule has 0 unspecified atom stereocenters. The van der Waals surface area contributed by atoms with Crippen LogP contribution in [0.25, 0.3) is 0 Å². The maximum absolute atomic E-state index is 6.09. The molecule has 0 aliphatic carbocycles. The van der Waals surface area contributed by atoms with Gasteiger partial charge in [-0.25, -0.2) is 0 Å². The lowest BCUT2D eigenvalue weighted by molar-refractivity contribution is 0.104. The highest BCUT2D eigenvalue weighted by Crippen LogP contribution is 2.20. The van der Waals surface area contributed by atoms with Gasteiger partial charge in [0.05, 0.1) is 6.26 Å². The summed E-state index contributed by atoms with van der Waals surface area (Å²) in [5, 5.41) is 4.68. The summed E-state index contributed by atoms with van der Waals surface area (Å²) < 4.78 is 10.7. The lowest BCUT2D eigenvalue weighted by Gasteiger charge is -2.07. The highest BCUT2D eigenvalue weighted by Gasteiger charge is 2.00. The van der Waals surface area contributed by atoms with Crippen LogP contribution in [0.1, 0.15) is 17.7 Å². The first-order valence-electron chi connectivity index (χ1n) is 6.50. The van der Waals surface area contributed by atoms with Crippen molar-refractivity contribution in [1.29, 1.82) is 0 Å². The zero-order chi connectivity index (χ0) is 14.2. The minimum absolute atomic E-state index is 0.524. The fraction of sp³-hybridized carbons (Fsp3) is 0.333. The lowest BCUT2D eigenvalue weighted by atomic mass is 10.2. The molecule has 1 aromatic carbocycles. The molecule has 1 N–H and O–H groups in total. The van der Waals surface area contributed by atoms with Crippen molar-refractivity contribution in [3.8, 4) is 0 Å². The minimum Gasteiger partial charge on any atom is -0.467 e. The van der Waals surface area contributed by atoms with E-state index in [0.717, 1.165) is 30.8 Å². The molecule has 0 aliphatic heterocycles. The number of furan rings is 1. The van der Waals surface area contributed by atoms with Crippen LogP contribution in [0.5, 0.6) is 0 Å². The van der Waals surface area contributed by atoms with E-state index in [1.54, 1.807) is 12.3 Å². The molecule has 0 spiro atoms. The summed E-state index contributed by atoms with van der Waals surface area (Å²) in [5.41, 5.74) is 1.05. The molecule has 0 bridgehead atoms. The Morgan fingerprint density at radius 3 is 2.85 bits per heavy atom. The molecular weight excluding hydrogens is 297 g/mol. The van der Waals surface area contributed by atoms with E-state index in [2.05, 4.69) is 5.32 Å². The number of hydrogen-bond acceptors (Lipinski definition) is 3. The second kappa shape index (κ2) is 8.32. The van der Waals surface area contributed by atoms with Crippen LogP contribution in [-0.2, 0) is 17.9 Å². The number of benzene rings is 1. The molecule has 0 aliphatic rings. The monoisotopic (exact) mass is 313 g/mol. The number of ether oxygens (including phenoxy) is 1. The predicted octanol–water partition coefficient (Wildman–Crippen LogP) is 4.28. The van der Waals surface area contributed by atoms with Gasteiger partial charge in [-0.1, -0.05) is 29.3 Å². The molecule has 5 heteroatoms. The van der Waals surface area contributed by atoms with Crippen LogP contribution >= 0.6 is 23.2 Å². The highest BCUT2D eigenvalue weighted by molar-refractivity contribution is 6.35. The van der Waals surface area contributed by atoms with Crippen molar-refractivity contribution >= 4 is 23.2 Å². The van der Waals surface area contributed by atoms with Crippen LogP contribution in [-0.4, -0.2) is 13.2 Å². The third-order valence-electron chi connectivity index (χ3n) is 2.80.